The molecule has 4 heteroatoms. The topological polar surface area (TPSA) is 43.8 Å². The molecule has 120 valence electrons. The van der Waals surface area contributed by atoms with Gasteiger partial charge in [0.05, 0.1) is 6.10 Å². The lowest BCUT2D eigenvalue weighted by molar-refractivity contribution is -0.135. The molecule has 1 aromatic rings. The predicted octanol–water partition coefficient (Wildman–Crippen LogP) is 1.91. The summed E-state index contributed by atoms with van der Waals surface area (Å²) in [6, 6.07) is 8.40. The first-order valence-corrected chi connectivity index (χ1v) is 8.26. The van der Waals surface area contributed by atoms with Crippen molar-refractivity contribution in [3.63, 3.8) is 0 Å². The Bertz CT molecular complexity index is 512. The van der Waals surface area contributed by atoms with Gasteiger partial charge in [-0.05, 0) is 37.0 Å². The Labute approximate surface area is 132 Å². The van der Waals surface area contributed by atoms with Crippen LogP contribution in [0.3, 0.4) is 0 Å². The Hall–Kier alpha value is -1.55. The summed E-state index contributed by atoms with van der Waals surface area (Å²) in [6.07, 6.45) is 3.32. The lowest BCUT2D eigenvalue weighted by Gasteiger charge is -2.35. The Balaban J connectivity index is 1.52. The van der Waals surface area contributed by atoms with Crippen LogP contribution in [-0.2, 0) is 11.2 Å². The zero-order valence-electron chi connectivity index (χ0n) is 13.5. The first-order chi connectivity index (χ1) is 10.5. The fourth-order valence-electron chi connectivity index (χ4n) is 3.77. The summed E-state index contributed by atoms with van der Waals surface area (Å²) in [5.74, 6) is 0.852. The molecule has 2 bridgehead atoms. The number of aliphatic hydroxyl groups excluding tert-OH is 1. The molecule has 3 rings (SSSR count). The van der Waals surface area contributed by atoms with Crippen LogP contribution >= 0.6 is 0 Å². The monoisotopic (exact) mass is 302 g/mol. The SMILES string of the molecule is CN(C)c1ccc(CCC(=O)N2C[C@H]3CC[C@@H](C2)C3O)cc1. The van der Waals surface area contributed by atoms with Gasteiger partial charge in [0.15, 0.2) is 0 Å². The van der Waals surface area contributed by atoms with Crippen LogP contribution in [0.5, 0.6) is 0 Å². The van der Waals surface area contributed by atoms with Crippen LogP contribution in [-0.4, -0.2) is 49.2 Å². The number of carbonyl (C=O) groups excluding carboxylic acids is 1. The molecule has 1 saturated carbocycles. The van der Waals surface area contributed by atoms with Gasteiger partial charge in [-0.3, -0.25) is 4.79 Å². The van der Waals surface area contributed by atoms with Crippen molar-refractivity contribution >= 4 is 11.6 Å². The van der Waals surface area contributed by atoms with Crippen LogP contribution < -0.4 is 4.90 Å². The summed E-state index contributed by atoms with van der Waals surface area (Å²) in [6.45, 7) is 1.49. The van der Waals surface area contributed by atoms with Crippen molar-refractivity contribution < 1.29 is 9.90 Å². The predicted molar refractivity (Wildman–Crippen MR) is 87.9 cm³/mol. The first-order valence-electron chi connectivity index (χ1n) is 8.26. The zero-order valence-corrected chi connectivity index (χ0v) is 13.5. The maximum atomic E-state index is 12.4. The number of amides is 1. The van der Waals surface area contributed by atoms with E-state index in [9.17, 15) is 9.90 Å². The molecule has 0 radical (unpaired) electrons. The van der Waals surface area contributed by atoms with E-state index in [-0.39, 0.29) is 12.0 Å². The number of hydrogen-bond acceptors (Lipinski definition) is 3. The van der Waals surface area contributed by atoms with Crippen molar-refractivity contribution in [1.82, 2.24) is 4.90 Å². The van der Waals surface area contributed by atoms with Gasteiger partial charge in [0, 0.05) is 51.1 Å². The molecule has 1 aromatic carbocycles. The van der Waals surface area contributed by atoms with Crippen molar-refractivity contribution in [3.05, 3.63) is 29.8 Å². The number of nitrogens with zero attached hydrogens (tertiary/aromatic N) is 2. The van der Waals surface area contributed by atoms with Gasteiger partial charge in [-0.2, -0.15) is 0 Å². The number of aliphatic hydroxyl groups is 1. The van der Waals surface area contributed by atoms with Gasteiger partial charge >= 0.3 is 0 Å². The van der Waals surface area contributed by atoms with Gasteiger partial charge in [0.1, 0.15) is 0 Å². The minimum absolute atomic E-state index is 0.178. The van der Waals surface area contributed by atoms with Crippen molar-refractivity contribution in [2.45, 2.75) is 31.8 Å². The number of anilines is 1. The van der Waals surface area contributed by atoms with Crippen LogP contribution in [0.25, 0.3) is 0 Å². The van der Waals surface area contributed by atoms with E-state index in [2.05, 4.69) is 29.2 Å². The molecule has 22 heavy (non-hydrogen) atoms. The number of hydrogen-bond donors (Lipinski definition) is 1. The van der Waals surface area contributed by atoms with Crippen molar-refractivity contribution in [2.75, 3.05) is 32.1 Å². The first kappa shape index (κ1) is 15.3. The van der Waals surface area contributed by atoms with E-state index < -0.39 is 0 Å². The smallest absolute Gasteiger partial charge is 0.222 e. The number of piperidine rings is 1. The van der Waals surface area contributed by atoms with Gasteiger partial charge in [-0.1, -0.05) is 12.1 Å². The largest absolute Gasteiger partial charge is 0.392 e. The normalized spacial score (nSPS) is 27.0. The van der Waals surface area contributed by atoms with E-state index >= 15 is 0 Å². The quantitative estimate of drug-likeness (QED) is 0.924. The molecule has 1 heterocycles. The second kappa shape index (κ2) is 6.29. The summed E-state index contributed by atoms with van der Waals surface area (Å²) in [7, 11) is 4.05. The van der Waals surface area contributed by atoms with Crippen LogP contribution in [0.1, 0.15) is 24.8 Å². The average Bonchev–Trinajstić information content (AvgIpc) is 2.74. The number of aryl methyl sites for hydroxylation is 1. The third kappa shape index (κ3) is 3.12. The van der Waals surface area contributed by atoms with E-state index in [1.807, 2.05) is 19.0 Å². The number of benzene rings is 1. The van der Waals surface area contributed by atoms with Gasteiger partial charge in [0.2, 0.25) is 5.91 Å². The molecule has 1 N–H and O–H groups in total. The number of likely N-dealkylation sites (tertiary alicyclic amines) is 1. The number of rotatable bonds is 4. The molecular formula is C18H26N2O2. The van der Waals surface area contributed by atoms with Crippen molar-refractivity contribution in [2.24, 2.45) is 11.8 Å². The van der Waals surface area contributed by atoms with E-state index in [0.29, 0.717) is 18.3 Å². The molecule has 3 atom stereocenters. The van der Waals surface area contributed by atoms with Crippen LogP contribution in [0, 0.1) is 11.8 Å². The Morgan fingerprint density at radius 2 is 1.77 bits per heavy atom. The molecule has 4 nitrogen and oxygen atoms in total. The maximum Gasteiger partial charge on any atom is 0.222 e. The lowest BCUT2D eigenvalue weighted by Crippen LogP contribution is -2.47. The molecular weight excluding hydrogens is 276 g/mol. The highest BCUT2D eigenvalue weighted by atomic mass is 16.3. The van der Waals surface area contributed by atoms with Gasteiger partial charge in [-0.15, -0.1) is 0 Å². The van der Waals surface area contributed by atoms with Crippen LogP contribution in [0.15, 0.2) is 24.3 Å². The van der Waals surface area contributed by atoms with E-state index in [0.717, 1.165) is 32.4 Å². The third-order valence-electron chi connectivity index (χ3n) is 5.22. The second-order valence-corrected chi connectivity index (χ2v) is 6.95. The second-order valence-electron chi connectivity index (χ2n) is 6.95. The summed E-state index contributed by atoms with van der Waals surface area (Å²) >= 11 is 0. The molecule has 0 spiro atoms. The Kier molecular flexibility index (Phi) is 4.39. The molecule has 1 aliphatic heterocycles. The van der Waals surface area contributed by atoms with Crippen molar-refractivity contribution in [3.8, 4) is 0 Å². The standard InChI is InChI=1S/C18H26N2O2/c1-19(2)16-8-3-13(4-9-16)5-10-17(21)20-11-14-6-7-15(12-20)18(14)22/h3-4,8-9,14-15,18,22H,5-7,10-12H2,1-2H3/t14-,15+,18?. The van der Waals surface area contributed by atoms with Crippen molar-refractivity contribution in [1.29, 1.82) is 0 Å². The van der Waals surface area contributed by atoms with Gasteiger partial charge in [-0.25, -0.2) is 0 Å². The minimum atomic E-state index is -0.178. The Morgan fingerprint density at radius 1 is 1.18 bits per heavy atom. The zero-order chi connectivity index (χ0) is 15.7. The molecule has 0 aromatic heterocycles. The maximum absolute atomic E-state index is 12.4. The van der Waals surface area contributed by atoms with Gasteiger partial charge in [0.25, 0.3) is 0 Å². The highest BCUT2D eigenvalue weighted by Gasteiger charge is 2.41. The van der Waals surface area contributed by atoms with E-state index in [1.165, 1.54) is 11.3 Å². The molecule has 1 saturated heterocycles. The fraction of sp³-hybridized carbons (Fsp3) is 0.611. The number of fused-ring (bicyclic) bond motifs is 2. The number of carbonyl (C=O) groups is 1. The highest BCUT2D eigenvalue weighted by molar-refractivity contribution is 5.76. The highest BCUT2D eigenvalue weighted by Crippen LogP contribution is 2.36. The van der Waals surface area contributed by atoms with E-state index in [4.69, 9.17) is 0 Å². The molecule has 1 aliphatic carbocycles. The molecule has 2 fully saturated rings. The summed E-state index contributed by atoms with van der Waals surface area (Å²) in [5.41, 5.74) is 2.38. The summed E-state index contributed by atoms with van der Waals surface area (Å²) in [4.78, 5) is 16.5. The van der Waals surface area contributed by atoms with Crippen LogP contribution in [0.2, 0.25) is 0 Å². The average molecular weight is 302 g/mol. The molecule has 2 aliphatic rings. The Morgan fingerprint density at radius 3 is 2.32 bits per heavy atom. The minimum Gasteiger partial charge on any atom is -0.392 e. The lowest BCUT2D eigenvalue weighted by atomic mass is 9.94. The molecule has 1 amide bonds. The summed E-state index contributed by atoms with van der Waals surface area (Å²) < 4.78 is 0. The fourth-order valence-corrected chi connectivity index (χ4v) is 3.77. The van der Waals surface area contributed by atoms with Crippen LogP contribution in [0.4, 0.5) is 5.69 Å². The summed E-state index contributed by atoms with van der Waals surface area (Å²) in [5, 5.41) is 10.0. The van der Waals surface area contributed by atoms with E-state index in [1.54, 1.807) is 0 Å². The van der Waals surface area contributed by atoms with Gasteiger partial charge < -0.3 is 14.9 Å². The molecule has 1 unspecified atom stereocenters. The third-order valence-corrected chi connectivity index (χ3v) is 5.22.